The van der Waals surface area contributed by atoms with E-state index in [1.54, 1.807) is 0 Å². The van der Waals surface area contributed by atoms with Crippen molar-refractivity contribution in [2.75, 3.05) is 0 Å². The molecule has 0 aliphatic rings. The van der Waals surface area contributed by atoms with Crippen molar-refractivity contribution in [3.63, 3.8) is 0 Å². The van der Waals surface area contributed by atoms with Crippen LogP contribution in [0.1, 0.15) is 84.5 Å². The SMILES string of the molecule is CC(C)CCCCCCCCCCCC(C#N)O[Si](C)(C)C. The molecule has 3 heteroatoms. The molecular weight excluding hydrogens is 286 g/mol. The molecule has 0 aromatic heterocycles. The summed E-state index contributed by atoms with van der Waals surface area (Å²) in [6, 6.07) is 2.31. The Hall–Kier alpha value is -0.333. The molecule has 0 spiro atoms. The van der Waals surface area contributed by atoms with Crippen LogP contribution in [0.25, 0.3) is 0 Å². The van der Waals surface area contributed by atoms with Gasteiger partial charge in [-0.25, -0.2) is 0 Å². The van der Waals surface area contributed by atoms with Gasteiger partial charge in [-0.2, -0.15) is 5.26 Å². The Morgan fingerprint density at radius 1 is 0.773 bits per heavy atom. The number of hydrogen-bond acceptors (Lipinski definition) is 2. The molecule has 0 heterocycles. The van der Waals surface area contributed by atoms with Gasteiger partial charge in [-0.15, -0.1) is 0 Å². The van der Waals surface area contributed by atoms with Gasteiger partial charge in [0.05, 0.1) is 6.07 Å². The first-order valence-electron chi connectivity index (χ1n) is 9.42. The fourth-order valence-electron chi connectivity index (χ4n) is 2.70. The van der Waals surface area contributed by atoms with E-state index in [2.05, 4.69) is 39.6 Å². The number of hydrogen-bond donors (Lipinski definition) is 0. The first-order chi connectivity index (χ1) is 10.3. The van der Waals surface area contributed by atoms with Crippen LogP contribution in [0.4, 0.5) is 0 Å². The Balaban J connectivity index is 3.34. The van der Waals surface area contributed by atoms with Crippen LogP contribution in [0.5, 0.6) is 0 Å². The normalized spacial score (nSPS) is 13.3. The largest absolute Gasteiger partial charge is 0.402 e. The average molecular weight is 326 g/mol. The van der Waals surface area contributed by atoms with Crippen molar-refractivity contribution in [2.45, 2.75) is 110 Å². The summed E-state index contributed by atoms with van der Waals surface area (Å²) in [5.74, 6) is 0.863. The van der Waals surface area contributed by atoms with Crippen LogP contribution in [0, 0.1) is 17.2 Å². The molecule has 0 radical (unpaired) electrons. The van der Waals surface area contributed by atoms with Gasteiger partial charge in [0.2, 0.25) is 0 Å². The third kappa shape index (κ3) is 16.0. The monoisotopic (exact) mass is 325 g/mol. The highest BCUT2D eigenvalue weighted by Crippen LogP contribution is 2.16. The van der Waals surface area contributed by atoms with Gasteiger partial charge in [-0.1, -0.05) is 71.6 Å². The molecule has 0 saturated carbocycles. The maximum Gasteiger partial charge on any atom is 0.185 e. The summed E-state index contributed by atoms with van der Waals surface area (Å²) >= 11 is 0. The van der Waals surface area contributed by atoms with Crippen LogP contribution in [0.15, 0.2) is 0 Å². The first kappa shape index (κ1) is 21.7. The third-order valence-corrected chi connectivity index (χ3v) is 4.88. The van der Waals surface area contributed by atoms with Crippen LogP contribution in [-0.4, -0.2) is 14.4 Å². The van der Waals surface area contributed by atoms with Gasteiger partial charge in [-0.3, -0.25) is 0 Å². The van der Waals surface area contributed by atoms with Crippen molar-refractivity contribution in [2.24, 2.45) is 5.92 Å². The van der Waals surface area contributed by atoms with Gasteiger partial charge in [0.25, 0.3) is 0 Å². The second-order valence-electron chi connectivity index (χ2n) is 8.00. The molecule has 0 saturated heterocycles. The van der Waals surface area contributed by atoms with Gasteiger partial charge in [0, 0.05) is 0 Å². The van der Waals surface area contributed by atoms with E-state index in [-0.39, 0.29) is 6.10 Å². The summed E-state index contributed by atoms with van der Waals surface area (Å²) in [5, 5.41) is 9.11. The molecule has 0 bridgehead atoms. The van der Waals surface area contributed by atoms with Gasteiger partial charge in [0.15, 0.2) is 8.32 Å². The lowest BCUT2D eigenvalue weighted by atomic mass is 10.0. The molecule has 0 amide bonds. The Bertz CT molecular complexity index is 291. The van der Waals surface area contributed by atoms with E-state index < -0.39 is 8.32 Å². The van der Waals surface area contributed by atoms with Gasteiger partial charge in [-0.05, 0) is 38.4 Å². The zero-order valence-electron chi connectivity index (χ0n) is 15.8. The third-order valence-electron chi connectivity index (χ3n) is 3.89. The highest BCUT2D eigenvalue weighted by molar-refractivity contribution is 6.69. The van der Waals surface area contributed by atoms with E-state index in [1.165, 1.54) is 57.8 Å². The Morgan fingerprint density at radius 2 is 1.18 bits per heavy atom. The topological polar surface area (TPSA) is 33.0 Å². The summed E-state index contributed by atoms with van der Waals surface area (Å²) in [4.78, 5) is 0. The average Bonchev–Trinajstić information content (AvgIpc) is 2.41. The highest BCUT2D eigenvalue weighted by atomic mass is 28.4. The summed E-state index contributed by atoms with van der Waals surface area (Å²) in [5.41, 5.74) is 0. The summed E-state index contributed by atoms with van der Waals surface area (Å²) in [6.45, 7) is 11.1. The predicted molar refractivity (Wildman–Crippen MR) is 99.5 cm³/mol. The van der Waals surface area contributed by atoms with Gasteiger partial charge >= 0.3 is 0 Å². The Labute approximate surface area is 140 Å². The van der Waals surface area contributed by atoms with Crippen LogP contribution in [-0.2, 0) is 4.43 Å². The zero-order valence-corrected chi connectivity index (χ0v) is 16.8. The minimum atomic E-state index is -1.57. The Kier molecular flexibility index (Phi) is 12.9. The number of nitrogens with zero attached hydrogens (tertiary/aromatic N) is 1. The van der Waals surface area contributed by atoms with E-state index >= 15 is 0 Å². The molecule has 0 aliphatic heterocycles. The van der Waals surface area contributed by atoms with E-state index in [0.29, 0.717) is 0 Å². The summed E-state index contributed by atoms with van der Waals surface area (Å²) in [7, 11) is -1.57. The first-order valence-corrected chi connectivity index (χ1v) is 12.8. The second-order valence-corrected chi connectivity index (χ2v) is 12.5. The number of unbranched alkanes of at least 4 members (excludes halogenated alkanes) is 8. The lowest BCUT2D eigenvalue weighted by Gasteiger charge is -2.21. The molecule has 0 aliphatic carbocycles. The lowest BCUT2D eigenvalue weighted by Crippen LogP contribution is -2.31. The quantitative estimate of drug-likeness (QED) is 0.264. The molecule has 0 N–H and O–H groups in total. The summed E-state index contributed by atoms with van der Waals surface area (Å²) < 4.78 is 5.86. The van der Waals surface area contributed by atoms with Crippen molar-refractivity contribution in [3.05, 3.63) is 0 Å². The smallest absolute Gasteiger partial charge is 0.185 e. The molecule has 2 nitrogen and oxygen atoms in total. The fraction of sp³-hybridized carbons (Fsp3) is 0.947. The number of nitriles is 1. The van der Waals surface area contributed by atoms with Crippen LogP contribution in [0.2, 0.25) is 19.6 Å². The van der Waals surface area contributed by atoms with Crippen molar-refractivity contribution >= 4 is 8.32 Å². The van der Waals surface area contributed by atoms with E-state index in [1.807, 2.05) is 0 Å². The van der Waals surface area contributed by atoms with E-state index in [0.717, 1.165) is 18.8 Å². The predicted octanol–water partition coefficient (Wildman–Crippen LogP) is 6.68. The molecule has 1 unspecified atom stereocenters. The highest BCUT2D eigenvalue weighted by Gasteiger charge is 2.20. The molecule has 22 heavy (non-hydrogen) atoms. The van der Waals surface area contributed by atoms with Gasteiger partial charge < -0.3 is 4.43 Å². The molecule has 130 valence electrons. The minimum absolute atomic E-state index is 0.173. The summed E-state index contributed by atoms with van der Waals surface area (Å²) in [6.07, 6.45) is 14.2. The van der Waals surface area contributed by atoms with E-state index in [4.69, 9.17) is 9.69 Å². The van der Waals surface area contributed by atoms with Crippen LogP contribution >= 0.6 is 0 Å². The maximum absolute atomic E-state index is 9.11. The standard InChI is InChI=1S/C19H39NOSi/c1-18(2)15-13-11-9-7-6-8-10-12-14-16-19(17-20)21-22(3,4)5/h18-19H,6-16H2,1-5H3. The second kappa shape index (κ2) is 13.1. The fourth-order valence-corrected chi connectivity index (χ4v) is 3.72. The van der Waals surface area contributed by atoms with Crippen LogP contribution < -0.4 is 0 Å². The Morgan fingerprint density at radius 3 is 1.55 bits per heavy atom. The number of rotatable bonds is 14. The van der Waals surface area contributed by atoms with Crippen molar-refractivity contribution in [3.8, 4) is 6.07 Å². The van der Waals surface area contributed by atoms with Crippen molar-refractivity contribution < 1.29 is 4.43 Å². The molecule has 0 aromatic carbocycles. The maximum atomic E-state index is 9.11. The molecular formula is C19H39NOSi. The van der Waals surface area contributed by atoms with Crippen molar-refractivity contribution in [1.29, 1.82) is 5.26 Å². The minimum Gasteiger partial charge on any atom is -0.402 e. The molecule has 0 aromatic rings. The van der Waals surface area contributed by atoms with Crippen LogP contribution in [0.3, 0.4) is 0 Å². The zero-order chi connectivity index (χ0) is 16.8. The van der Waals surface area contributed by atoms with E-state index in [9.17, 15) is 0 Å². The molecule has 1 atom stereocenters. The van der Waals surface area contributed by atoms with Crippen molar-refractivity contribution in [1.82, 2.24) is 0 Å². The van der Waals surface area contributed by atoms with Gasteiger partial charge in [0.1, 0.15) is 6.10 Å². The molecule has 0 fully saturated rings. The molecule has 0 rings (SSSR count). The lowest BCUT2D eigenvalue weighted by molar-refractivity contribution is 0.233.